The van der Waals surface area contributed by atoms with Gasteiger partial charge in [-0.05, 0) is 23.6 Å². The summed E-state index contributed by atoms with van der Waals surface area (Å²) >= 11 is 0. The van der Waals surface area contributed by atoms with Crippen LogP contribution in [0.5, 0.6) is 0 Å². The number of hydrogen-bond donors (Lipinski definition) is 2. The number of para-hydroxylation sites is 1. The molecule has 0 aliphatic carbocycles. The molecule has 3 aromatic rings. The van der Waals surface area contributed by atoms with Gasteiger partial charge in [0, 0.05) is 16.8 Å². The number of carbonyl (C=O) groups is 3. The number of hydrogen-bond acceptors (Lipinski definition) is 6. The fraction of sp³-hybridized carbons (Fsp3) is 0.0870. The molecule has 30 heavy (non-hydrogen) atoms. The molecule has 7 heteroatoms. The maximum atomic E-state index is 12.4. The van der Waals surface area contributed by atoms with E-state index in [1.807, 2.05) is 42.5 Å². The van der Waals surface area contributed by atoms with Crippen LogP contribution >= 0.6 is 0 Å². The third-order valence-corrected chi connectivity index (χ3v) is 4.49. The Kier molecular flexibility index (Phi) is 5.43. The second-order valence-electron chi connectivity index (χ2n) is 6.56. The fourth-order valence-electron chi connectivity index (χ4n) is 3.09. The van der Waals surface area contributed by atoms with Crippen LogP contribution in [0.1, 0.15) is 0 Å². The maximum Gasteiger partial charge on any atom is 0.347 e. The quantitative estimate of drug-likeness (QED) is 0.486. The summed E-state index contributed by atoms with van der Waals surface area (Å²) in [6.45, 7) is -0.792. The number of amides is 1. The lowest BCUT2D eigenvalue weighted by Crippen LogP contribution is -2.24. The number of ether oxygens (including phenoxy) is 2. The topological polar surface area (TPSA) is 93.7 Å². The number of ketones is 1. The summed E-state index contributed by atoms with van der Waals surface area (Å²) in [5.74, 6) is -1.91. The van der Waals surface area contributed by atoms with Crippen molar-refractivity contribution in [3.8, 4) is 0 Å². The highest BCUT2D eigenvalue weighted by Gasteiger charge is 2.32. The number of benzene rings is 3. The van der Waals surface area contributed by atoms with Gasteiger partial charge in [-0.15, -0.1) is 0 Å². The molecule has 1 aliphatic rings. The Morgan fingerprint density at radius 1 is 0.933 bits per heavy atom. The largest absolute Gasteiger partial charge is 0.470 e. The normalized spacial score (nSPS) is 13.1. The van der Waals surface area contributed by atoms with E-state index in [1.54, 1.807) is 30.3 Å². The number of nitrogens with one attached hydrogen (secondary N) is 2. The lowest BCUT2D eigenvalue weighted by molar-refractivity contribution is -0.144. The van der Waals surface area contributed by atoms with Crippen molar-refractivity contribution in [2.24, 2.45) is 0 Å². The molecule has 0 unspecified atom stereocenters. The van der Waals surface area contributed by atoms with Gasteiger partial charge in [0.2, 0.25) is 11.7 Å². The predicted octanol–water partition coefficient (Wildman–Crippen LogP) is 3.24. The molecule has 150 valence electrons. The van der Waals surface area contributed by atoms with Crippen molar-refractivity contribution in [1.82, 2.24) is 0 Å². The minimum atomic E-state index is -0.913. The molecule has 4 rings (SSSR count). The average molecular weight is 402 g/mol. The Morgan fingerprint density at radius 3 is 2.50 bits per heavy atom. The fourth-order valence-corrected chi connectivity index (χ4v) is 3.09. The Hall–Kier alpha value is -4.13. The van der Waals surface area contributed by atoms with Crippen LogP contribution in [0.15, 0.2) is 84.3 Å². The Labute approximate surface area is 172 Å². The smallest absolute Gasteiger partial charge is 0.347 e. The Balaban J connectivity index is 1.42. The van der Waals surface area contributed by atoms with Gasteiger partial charge in [-0.25, -0.2) is 4.79 Å². The van der Waals surface area contributed by atoms with Gasteiger partial charge in [0.1, 0.15) is 0 Å². The molecule has 0 bridgehead atoms. The van der Waals surface area contributed by atoms with E-state index >= 15 is 0 Å². The number of rotatable bonds is 6. The summed E-state index contributed by atoms with van der Waals surface area (Å²) in [5.41, 5.74) is 1.03. The molecular weight excluding hydrogens is 384 g/mol. The first-order valence-electron chi connectivity index (χ1n) is 9.29. The molecule has 0 aromatic heterocycles. The summed E-state index contributed by atoms with van der Waals surface area (Å²) in [4.78, 5) is 36.8. The summed E-state index contributed by atoms with van der Waals surface area (Å²) in [5, 5.41) is 7.46. The van der Waals surface area contributed by atoms with Crippen molar-refractivity contribution < 1.29 is 23.9 Å². The molecule has 1 aliphatic heterocycles. The molecule has 0 radical (unpaired) electrons. The van der Waals surface area contributed by atoms with Crippen LogP contribution < -0.4 is 10.6 Å². The van der Waals surface area contributed by atoms with Crippen LogP contribution in [0.3, 0.4) is 0 Å². The standard InChI is InChI=1S/C23H18N2O5/c26-19-13-29-22(24-16-9-2-1-3-10-16)21(19)23(28)30-14-20(27)25-18-12-6-8-15-7-4-5-11-17(15)18/h1-12,24H,13-14H2,(H,25,27). The van der Waals surface area contributed by atoms with Crippen LogP contribution in [0, 0.1) is 0 Å². The van der Waals surface area contributed by atoms with E-state index in [4.69, 9.17) is 9.47 Å². The molecule has 1 heterocycles. The summed E-state index contributed by atoms with van der Waals surface area (Å²) in [7, 11) is 0. The van der Waals surface area contributed by atoms with E-state index in [0.29, 0.717) is 11.4 Å². The Bertz CT molecular complexity index is 1150. The lowest BCUT2D eigenvalue weighted by atomic mass is 10.1. The summed E-state index contributed by atoms with van der Waals surface area (Å²) < 4.78 is 10.3. The summed E-state index contributed by atoms with van der Waals surface area (Å²) in [6, 6.07) is 22.1. The van der Waals surface area contributed by atoms with Gasteiger partial charge >= 0.3 is 5.97 Å². The van der Waals surface area contributed by atoms with E-state index in [1.165, 1.54) is 0 Å². The van der Waals surface area contributed by atoms with Crippen LogP contribution in [0.4, 0.5) is 11.4 Å². The molecule has 1 amide bonds. The van der Waals surface area contributed by atoms with Crippen molar-refractivity contribution >= 4 is 39.8 Å². The zero-order chi connectivity index (χ0) is 20.9. The number of Topliss-reactive ketones (excluding diaryl/α,β-unsaturated/α-hetero) is 1. The molecule has 0 fully saturated rings. The van der Waals surface area contributed by atoms with Gasteiger partial charge in [-0.1, -0.05) is 54.6 Å². The van der Waals surface area contributed by atoms with Crippen molar-refractivity contribution in [2.45, 2.75) is 0 Å². The minimum Gasteiger partial charge on any atom is -0.470 e. The van der Waals surface area contributed by atoms with Crippen molar-refractivity contribution in [1.29, 1.82) is 0 Å². The minimum absolute atomic E-state index is 0.0191. The molecule has 0 saturated carbocycles. The van der Waals surface area contributed by atoms with Crippen LogP contribution in [0.25, 0.3) is 10.8 Å². The third kappa shape index (κ3) is 4.15. The van der Waals surface area contributed by atoms with E-state index in [-0.39, 0.29) is 18.1 Å². The summed E-state index contributed by atoms with van der Waals surface area (Å²) in [6.07, 6.45) is 0. The number of esters is 1. The molecule has 3 aromatic carbocycles. The molecule has 0 saturated heterocycles. The Morgan fingerprint density at radius 2 is 1.67 bits per heavy atom. The zero-order valence-electron chi connectivity index (χ0n) is 15.9. The van der Waals surface area contributed by atoms with Gasteiger partial charge in [0.15, 0.2) is 18.8 Å². The van der Waals surface area contributed by atoms with Crippen molar-refractivity contribution in [2.75, 3.05) is 23.8 Å². The number of fused-ring (bicyclic) bond motifs is 1. The SMILES string of the molecule is O=C(COC(=O)C1=C(Nc2ccccc2)OCC1=O)Nc1cccc2ccccc12. The first-order chi connectivity index (χ1) is 14.6. The molecule has 7 nitrogen and oxygen atoms in total. The lowest BCUT2D eigenvalue weighted by Gasteiger charge is -2.10. The van der Waals surface area contributed by atoms with Gasteiger partial charge < -0.3 is 20.1 Å². The molecular formula is C23H18N2O5. The predicted molar refractivity (Wildman–Crippen MR) is 112 cm³/mol. The van der Waals surface area contributed by atoms with Gasteiger partial charge in [0.25, 0.3) is 5.91 Å². The van der Waals surface area contributed by atoms with Crippen molar-refractivity contribution in [3.63, 3.8) is 0 Å². The van der Waals surface area contributed by atoms with Crippen molar-refractivity contribution in [3.05, 3.63) is 84.3 Å². The monoisotopic (exact) mass is 402 g/mol. The van der Waals surface area contributed by atoms with Crippen LogP contribution in [-0.2, 0) is 23.9 Å². The highest BCUT2D eigenvalue weighted by molar-refractivity contribution is 6.20. The van der Waals surface area contributed by atoms with Crippen LogP contribution in [0.2, 0.25) is 0 Å². The number of anilines is 2. The van der Waals surface area contributed by atoms with Gasteiger partial charge in [-0.3, -0.25) is 9.59 Å². The average Bonchev–Trinajstić information content (AvgIpc) is 3.13. The number of carbonyl (C=O) groups excluding carboxylic acids is 3. The molecule has 0 atom stereocenters. The molecule has 0 spiro atoms. The van der Waals surface area contributed by atoms with E-state index in [2.05, 4.69) is 10.6 Å². The zero-order valence-corrected chi connectivity index (χ0v) is 15.9. The first-order valence-corrected chi connectivity index (χ1v) is 9.29. The first kappa shape index (κ1) is 19.2. The van der Waals surface area contributed by atoms with E-state index in [0.717, 1.165) is 10.8 Å². The second-order valence-corrected chi connectivity index (χ2v) is 6.56. The van der Waals surface area contributed by atoms with E-state index < -0.39 is 24.3 Å². The second kappa shape index (κ2) is 8.48. The maximum absolute atomic E-state index is 12.4. The van der Waals surface area contributed by atoms with Gasteiger partial charge in [-0.2, -0.15) is 0 Å². The highest BCUT2D eigenvalue weighted by atomic mass is 16.5. The molecule has 2 N–H and O–H groups in total. The highest BCUT2D eigenvalue weighted by Crippen LogP contribution is 2.23. The van der Waals surface area contributed by atoms with Crippen LogP contribution in [-0.4, -0.2) is 30.9 Å². The van der Waals surface area contributed by atoms with E-state index in [9.17, 15) is 14.4 Å². The van der Waals surface area contributed by atoms with Gasteiger partial charge in [0.05, 0.1) is 0 Å². The third-order valence-electron chi connectivity index (χ3n) is 4.49.